The third kappa shape index (κ3) is 4.33. The first-order chi connectivity index (χ1) is 11.1. The molecule has 0 radical (unpaired) electrons. The fourth-order valence-corrected chi connectivity index (χ4v) is 2.97. The van der Waals surface area contributed by atoms with E-state index in [2.05, 4.69) is 10.6 Å². The predicted octanol–water partition coefficient (Wildman–Crippen LogP) is 5.09. The Morgan fingerprint density at radius 2 is 1.83 bits per heavy atom. The summed E-state index contributed by atoms with van der Waals surface area (Å²) in [6, 6.07) is 5.72. The topological polar surface area (TPSA) is 58.2 Å². The Morgan fingerprint density at radius 3 is 2.42 bits per heavy atom. The third-order valence-corrected chi connectivity index (χ3v) is 4.66. The normalized spacial score (nSPS) is 11.2. The number of benzene rings is 1. The number of hydrogen-bond acceptors (Lipinski definition) is 3. The molecular formula is C17H18ClFN2O2S. The summed E-state index contributed by atoms with van der Waals surface area (Å²) in [5.74, 6) is -1.01. The van der Waals surface area contributed by atoms with E-state index in [-0.39, 0.29) is 16.8 Å². The van der Waals surface area contributed by atoms with Crippen LogP contribution in [-0.4, -0.2) is 11.8 Å². The predicted molar refractivity (Wildman–Crippen MR) is 96.5 cm³/mol. The molecule has 128 valence electrons. The molecule has 2 aromatic rings. The zero-order valence-corrected chi connectivity index (χ0v) is 15.4. The zero-order valence-electron chi connectivity index (χ0n) is 13.8. The molecule has 0 spiro atoms. The van der Waals surface area contributed by atoms with Crippen molar-refractivity contribution in [2.45, 2.75) is 27.7 Å². The van der Waals surface area contributed by atoms with Gasteiger partial charge in [-0.3, -0.25) is 9.59 Å². The van der Waals surface area contributed by atoms with Crippen molar-refractivity contribution >= 4 is 45.4 Å². The molecule has 1 aromatic heterocycles. The molecule has 2 N–H and O–H groups in total. The van der Waals surface area contributed by atoms with Crippen LogP contribution in [0.15, 0.2) is 24.3 Å². The number of carbonyl (C=O) groups excluding carboxylic acids is 2. The highest BCUT2D eigenvalue weighted by atomic mass is 35.5. The van der Waals surface area contributed by atoms with Gasteiger partial charge in [0.15, 0.2) is 0 Å². The lowest BCUT2D eigenvalue weighted by atomic mass is 9.96. The van der Waals surface area contributed by atoms with Crippen molar-refractivity contribution in [2.24, 2.45) is 5.41 Å². The maximum Gasteiger partial charge on any atom is 0.266 e. The largest absolute Gasteiger partial charge is 0.321 e. The molecule has 0 bridgehead atoms. The van der Waals surface area contributed by atoms with E-state index in [1.54, 1.807) is 13.0 Å². The van der Waals surface area contributed by atoms with Crippen LogP contribution in [0.25, 0.3) is 0 Å². The van der Waals surface area contributed by atoms with E-state index < -0.39 is 11.2 Å². The van der Waals surface area contributed by atoms with E-state index in [4.69, 9.17) is 11.6 Å². The maximum atomic E-state index is 13.2. The summed E-state index contributed by atoms with van der Waals surface area (Å²) in [5.41, 5.74) is 0.625. The minimum absolute atomic E-state index is 0.0613. The Kier molecular flexibility index (Phi) is 5.30. The van der Waals surface area contributed by atoms with Gasteiger partial charge in [-0.05, 0) is 36.8 Å². The molecule has 0 fully saturated rings. The second-order valence-corrected chi connectivity index (χ2v) is 7.87. The SMILES string of the molecule is Cc1cc(NC(=O)C(C)(C)C)sc1C(=O)Nc1ccc(F)c(Cl)c1. The average molecular weight is 369 g/mol. The van der Waals surface area contributed by atoms with Crippen LogP contribution in [0.1, 0.15) is 36.0 Å². The summed E-state index contributed by atoms with van der Waals surface area (Å²) in [6.07, 6.45) is 0. The molecule has 0 saturated heterocycles. The van der Waals surface area contributed by atoms with E-state index in [9.17, 15) is 14.0 Å². The number of aryl methyl sites for hydroxylation is 1. The van der Waals surface area contributed by atoms with Gasteiger partial charge in [0.25, 0.3) is 5.91 Å². The van der Waals surface area contributed by atoms with Gasteiger partial charge in [-0.15, -0.1) is 11.3 Å². The van der Waals surface area contributed by atoms with Crippen molar-refractivity contribution in [3.8, 4) is 0 Å². The second kappa shape index (κ2) is 6.91. The van der Waals surface area contributed by atoms with Crippen LogP contribution in [-0.2, 0) is 4.79 Å². The van der Waals surface area contributed by atoms with E-state index >= 15 is 0 Å². The zero-order chi connectivity index (χ0) is 18.1. The monoisotopic (exact) mass is 368 g/mol. The third-order valence-electron chi connectivity index (χ3n) is 3.22. The van der Waals surface area contributed by atoms with Crippen LogP contribution in [0.4, 0.5) is 15.1 Å². The number of anilines is 2. The molecule has 24 heavy (non-hydrogen) atoms. The Bertz CT molecular complexity index is 796. The van der Waals surface area contributed by atoms with Gasteiger partial charge in [-0.1, -0.05) is 32.4 Å². The van der Waals surface area contributed by atoms with E-state index in [1.165, 1.54) is 29.5 Å². The van der Waals surface area contributed by atoms with Crippen molar-refractivity contribution in [3.63, 3.8) is 0 Å². The van der Waals surface area contributed by atoms with Crippen molar-refractivity contribution < 1.29 is 14.0 Å². The lowest BCUT2D eigenvalue weighted by Gasteiger charge is -2.16. The van der Waals surface area contributed by atoms with Gasteiger partial charge in [0.05, 0.1) is 14.9 Å². The summed E-state index contributed by atoms with van der Waals surface area (Å²) in [4.78, 5) is 24.9. The van der Waals surface area contributed by atoms with Gasteiger partial charge in [-0.2, -0.15) is 0 Å². The molecule has 0 aliphatic heterocycles. The first-order valence-corrected chi connectivity index (χ1v) is 8.45. The van der Waals surface area contributed by atoms with Crippen molar-refractivity contribution in [1.29, 1.82) is 0 Å². The Balaban J connectivity index is 2.15. The molecule has 0 unspecified atom stereocenters. The van der Waals surface area contributed by atoms with Crippen molar-refractivity contribution in [1.82, 2.24) is 0 Å². The minimum Gasteiger partial charge on any atom is -0.321 e. The van der Waals surface area contributed by atoms with Crippen LogP contribution >= 0.6 is 22.9 Å². The number of hydrogen-bond donors (Lipinski definition) is 2. The number of nitrogens with one attached hydrogen (secondary N) is 2. The Morgan fingerprint density at radius 1 is 1.17 bits per heavy atom. The summed E-state index contributed by atoms with van der Waals surface area (Å²) in [7, 11) is 0. The molecule has 0 aliphatic carbocycles. The lowest BCUT2D eigenvalue weighted by molar-refractivity contribution is -0.123. The molecule has 2 amide bonds. The molecule has 7 heteroatoms. The molecule has 0 saturated carbocycles. The molecule has 4 nitrogen and oxygen atoms in total. The number of thiophene rings is 1. The molecule has 0 aliphatic rings. The van der Waals surface area contributed by atoms with Gasteiger partial charge in [0, 0.05) is 11.1 Å². The average Bonchev–Trinajstić information content (AvgIpc) is 2.82. The van der Waals surface area contributed by atoms with E-state index in [1.807, 2.05) is 20.8 Å². The summed E-state index contributed by atoms with van der Waals surface area (Å²) >= 11 is 6.90. The van der Waals surface area contributed by atoms with Gasteiger partial charge >= 0.3 is 0 Å². The summed E-state index contributed by atoms with van der Waals surface area (Å²) in [5, 5.41) is 6.02. The summed E-state index contributed by atoms with van der Waals surface area (Å²) < 4.78 is 13.2. The molecule has 1 aromatic carbocycles. The first kappa shape index (κ1) is 18.4. The number of carbonyl (C=O) groups is 2. The van der Waals surface area contributed by atoms with E-state index in [0.717, 1.165) is 5.56 Å². The van der Waals surface area contributed by atoms with Crippen LogP contribution in [0.2, 0.25) is 5.02 Å². The highest BCUT2D eigenvalue weighted by Crippen LogP contribution is 2.29. The Labute approximate surface area is 149 Å². The molecule has 2 rings (SSSR count). The molecular weight excluding hydrogens is 351 g/mol. The smallest absolute Gasteiger partial charge is 0.266 e. The van der Waals surface area contributed by atoms with Crippen LogP contribution in [0.3, 0.4) is 0 Å². The first-order valence-electron chi connectivity index (χ1n) is 7.26. The van der Waals surface area contributed by atoms with Crippen LogP contribution < -0.4 is 10.6 Å². The van der Waals surface area contributed by atoms with E-state index in [0.29, 0.717) is 15.6 Å². The minimum atomic E-state index is -0.547. The van der Waals surface area contributed by atoms with Gasteiger partial charge < -0.3 is 10.6 Å². The number of rotatable bonds is 3. The van der Waals surface area contributed by atoms with Gasteiger partial charge in [0.1, 0.15) is 5.82 Å². The maximum absolute atomic E-state index is 13.2. The second-order valence-electron chi connectivity index (χ2n) is 6.41. The standard InChI is InChI=1S/C17H18ClFN2O2S/c1-9-7-13(21-16(23)17(2,3)4)24-14(9)15(22)20-10-5-6-12(19)11(18)8-10/h5-8H,1-4H3,(H,20,22)(H,21,23). The van der Waals surface area contributed by atoms with Gasteiger partial charge in [0.2, 0.25) is 5.91 Å². The fourth-order valence-electron chi connectivity index (χ4n) is 1.83. The van der Waals surface area contributed by atoms with Crippen LogP contribution in [0.5, 0.6) is 0 Å². The molecule has 0 atom stereocenters. The quantitative estimate of drug-likeness (QED) is 0.793. The van der Waals surface area contributed by atoms with Crippen molar-refractivity contribution in [2.75, 3.05) is 10.6 Å². The summed E-state index contributed by atoms with van der Waals surface area (Å²) in [6.45, 7) is 7.23. The van der Waals surface area contributed by atoms with Crippen LogP contribution in [0, 0.1) is 18.2 Å². The highest BCUT2D eigenvalue weighted by Gasteiger charge is 2.23. The Hall–Kier alpha value is -1.92. The highest BCUT2D eigenvalue weighted by molar-refractivity contribution is 7.18. The lowest BCUT2D eigenvalue weighted by Crippen LogP contribution is -2.27. The fraction of sp³-hybridized carbons (Fsp3) is 0.294. The number of halogens is 2. The molecule has 1 heterocycles. The van der Waals surface area contributed by atoms with Crippen molar-refractivity contribution in [3.05, 3.63) is 45.5 Å². The number of amides is 2. The van der Waals surface area contributed by atoms with Gasteiger partial charge in [-0.25, -0.2) is 4.39 Å².